The van der Waals surface area contributed by atoms with E-state index < -0.39 is 12.0 Å². The highest BCUT2D eigenvalue weighted by Crippen LogP contribution is 2.25. The number of ketones is 1. The van der Waals surface area contributed by atoms with Crippen molar-refractivity contribution >= 4 is 28.8 Å². The maximum atomic E-state index is 13.2. The molecule has 0 aromatic heterocycles. The zero-order valence-electron chi connectivity index (χ0n) is 24.1. The fourth-order valence-corrected chi connectivity index (χ4v) is 4.91. The van der Waals surface area contributed by atoms with Crippen LogP contribution in [0.4, 0.5) is 17.1 Å². The minimum atomic E-state index is -0.688. The Balaban J connectivity index is 1.24. The van der Waals surface area contributed by atoms with Crippen LogP contribution in [-0.2, 0) is 16.0 Å². The second-order valence-electron chi connectivity index (χ2n) is 9.98. The molecule has 43 heavy (non-hydrogen) atoms. The number of benzene rings is 5. The highest BCUT2D eigenvalue weighted by atomic mass is 16.5. The average molecular weight is 571 g/mol. The number of ether oxygens (including phenoxy) is 2. The maximum absolute atomic E-state index is 13.2. The van der Waals surface area contributed by atoms with Gasteiger partial charge in [-0.3, -0.25) is 4.79 Å². The zero-order chi connectivity index (χ0) is 29.9. The van der Waals surface area contributed by atoms with Crippen molar-refractivity contribution in [2.75, 3.05) is 30.5 Å². The Kier molecular flexibility index (Phi) is 9.83. The van der Waals surface area contributed by atoms with Crippen LogP contribution in [0.5, 0.6) is 5.75 Å². The quantitative estimate of drug-likeness (QED) is 0.118. The SMILES string of the molecule is COC(=O)[C@H](Cc1ccc(OCCN(c2ccccc2)c2ccccc2)cc1)Nc1ccccc1C(=O)c1ccccc1. The molecule has 0 saturated carbocycles. The molecule has 1 atom stereocenters. The first-order valence-electron chi connectivity index (χ1n) is 14.2. The first-order valence-corrected chi connectivity index (χ1v) is 14.2. The Morgan fingerprint density at radius 1 is 0.698 bits per heavy atom. The topological polar surface area (TPSA) is 67.9 Å². The lowest BCUT2D eigenvalue weighted by Gasteiger charge is -2.25. The third kappa shape index (κ3) is 7.68. The second-order valence-corrected chi connectivity index (χ2v) is 9.98. The van der Waals surface area contributed by atoms with Crippen LogP contribution in [0.15, 0.2) is 140 Å². The Bertz CT molecular complexity index is 1570. The van der Waals surface area contributed by atoms with E-state index in [2.05, 4.69) is 34.5 Å². The highest BCUT2D eigenvalue weighted by Gasteiger charge is 2.22. The van der Waals surface area contributed by atoms with Gasteiger partial charge in [-0.1, -0.05) is 91.0 Å². The number of methoxy groups -OCH3 is 1. The lowest BCUT2D eigenvalue weighted by molar-refractivity contribution is -0.141. The molecule has 5 aromatic carbocycles. The van der Waals surface area contributed by atoms with Gasteiger partial charge in [0.05, 0.1) is 13.7 Å². The van der Waals surface area contributed by atoms with Crippen molar-refractivity contribution in [3.05, 3.63) is 156 Å². The normalized spacial score (nSPS) is 11.3. The third-order valence-electron chi connectivity index (χ3n) is 7.11. The molecule has 0 aliphatic carbocycles. The molecule has 0 radical (unpaired) electrons. The number of hydrogen-bond donors (Lipinski definition) is 1. The molecule has 0 fully saturated rings. The molecule has 0 saturated heterocycles. The van der Waals surface area contributed by atoms with Gasteiger partial charge in [-0.2, -0.15) is 0 Å². The number of carbonyl (C=O) groups is 2. The molecule has 0 aliphatic heterocycles. The van der Waals surface area contributed by atoms with Gasteiger partial charge < -0.3 is 19.7 Å². The largest absolute Gasteiger partial charge is 0.492 e. The van der Waals surface area contributed by atoms with Crippen molar-refractivity contribution in [1.29, 1.82) is 0 Å². The molecular weight excluding hydrogens is 536 g/mol. The number of esters is 1. The van der Waals surface area contributed by atoms with Gasteiger partial charge in [0.25, 0.3) is 0 Å². The van der Waals surface area contributed by atoms with Crippen molar-refractivity contribution in [2.45, 2.75) is 12.5 Å². The summed E-state index contributed by atoms with van der Waals surface area (Å²) >= 11 is 0. The predicted molar refractivity (Wildman–Crippen MR) is 171 cm³/mol. The van der Waals surface area contributed by atoms with E-state index >= 15 is 0 Å². The molecule has 0 heterocycles. The van der Waals surface area contributed by atoms with Crippen LogP contribution in [0.1, 0.15) is 21.5 Å². The van der Waals surface area contributed by atoms with E-state index in [1.807, 2.05) is 91.0 Å². The summed E-state index contributed by atoms with van der Waals surface area (Å²) in [6.45, 7) is 1.16. The van der Waals surface area contributed by atoms with Crippen molar-refractivity contribution in [3.8, 4) is 5.75 Å². The lowest BCUT2D eigenvalue weighted by atomic mass is 10.00. The highest BCUT2D eigenvalue weighted by molar-refractivity contribution is 6.12. The lowest BCUT2D eigenvalue weighted by Crippen LogP contribution is -2.33. The van der Waals surface area contributed by atoms with Crippen LogP contribution >= 0.6 is 0 Å². The summed E-state index contributed by atoms with van der Waals surface area (Å²) in [5.74, 6) is 0.210. The number of rotatable bonds is 13. The van der Waals surface area contributed by atoms with Crippen LogP contribution in [0.25, 0.3) is 0 Å². The van der Waals surface area contributed by atoms with E-state index in [4.69, 9.17) is 9.47 Å². The summed E-state index contributed by atoms with van der Waals surface area (Å²) in [5, 5.41) is 3.26. The van der Waals surface area contributed by atoms with Gasteiger partial charge in [0.2, 0.25) is 0 Å². The molecule has 1 N–H and O–H groups in total. The average Bonchev–Trinajstić information content (AvgIpc) is 3.08. The standard InChI is InChI=1S/C37H34N2O4/c1-42-37(41)35(38-34-20-12-11-19-33(34)36(40)29-13-5-2-6-14-29)27-28-21-23-32(24-22-28)43-26-25-39(30-15-7-3-8-16-30)31-17-9-4-10-18-31/h2-24,35,38H,25-27H2,1H3/t35-/m0/s1. The Labute approximate surface area is 252 Å². The summed E-state index contributed by atoms with van der Waals surface area (Å²) in [4.78, 5) is 28.2. The molecule has 0 spiro atoms. The van der Waals surface area contributed by atoms with Crippen LogP contribution < -0.4 is 15.0 Å². The van der Waals surface area contributed by atoms with Gasteiger partial charge in [0.1, 0.15) is 18.4 Å². The second kappa shape index (κ2) is 14.5. The van der Waals surface area contributed by atoms with Gasteiger partial charge in [-0.05, 0) is 54.1 Å². The molecule has 5 rings (SSSR count). The molecule has 0 unspecified atom stereocenters. The summed E-state index contributed by atoms with van der Waals surface area (Å²) in [5.41, 5.74) is 4.77. The molecule has 6 nitrogen and oxygen atoms in total. The van der Waals surface area contributed by atoms with Crippen molar-refractivity contribution in [1.82, 2.24) is 0 Å². The minimum absolute atomic E-state index is 0.119. The van der Waals surface area contributed by atoms with E-state index in [0.29, 0.717) is 36.4 Å². The number of nitrogens with one attached hydrogen (secondary N) is 1. The van der Waals surface area contributed by atoms with Crippen LogP contribution in [0, 0.1) is 0 Å². The van der Waals surface area contributed by atoms with E-state index in [1.54, 1.807) is 24.3 Å². The Morgan fingerprint density at radius 3 is 1.86 bits per heavy atom. The summed E-state index contributed by atoms with van der Waals surface area (Å²) < 4.78 is 11.2. The summed E-state index contributed by atoms with van der Waals surface area (Å²) in [6.07, 6.45) is 0.372. The van der Waals surface area contributed by atoms with Crippen molar-refractivity contribution in [2.24, 2.45) is 0 Å². The van der Waals surface area contributed by atoms with Gasteiger partial charge in [-0.25, -0.2) is 4.79 Å². The predicted octanol–water partition coefficient (Wildman–Crippen LogP) is 7.33. The number of nitrogens with zero attached hydrogens (tertiary/aromatic N) is 1. The van der Waals surface area contributed by atoms with Gasteiger partial charge in [0.15, 0.2) is 5.78 Å². The smallest absolute Gasteiger partial charge is 0.328 e. The molecule has 216 valence electrons. The third-order valence-corrected chi connectivity index (χ3v) is 7.11. The van der Waals surface area contributed by atoms with Crippen LogP contribution in [0.2, 0.25) is 0 Å². The number of hydrogen-bond acceptors (Lipinski definition) is 6. The maximum Gasteiger partial charge on any atom is 0.328 e. The van der Waals surface area contributed by atoms with Crippen LogP contribution in [0.3, 0.4) is 0 Å². The fourth-order valence-electron chi connectivity index (χ4n) is 4.91. The molecule has 6 heteroatoms. The van der Waals surface area contributed by atoms with Gasteiger partial charge in [0, 0.05) is 34.6 Å². The number of carbonyl (C=O) groups excluding carboxylic acids is 2. The molecule has 0 bridgehead atoms. The summed E-state index contributed by atoms with van der Waals surface area (Å²) in [7, 11) is 1.36. The first-order chi connectivity index (χ1) is 21.1. The molecule has 5 aromatic rings. The van der Waals surface area contributed by atoms with E-state index in [-0.39, 0.29) is 5.78 Å². The Hall–Kier alpha value is -5.36. The van der Waals surface area contributed by atoms with E-state index in [1.165, 1.54) is 7.11 Å². The molecular formula is C37H34N2O4. The zero-order valence-corrected chi connectivity index (χ0v) is 24.1. The van der Waals surface area contributed by atoms with E-state index in [9.17, 15) is 9.59 Å². The van der Waals surface area contributed by atoms with Crippen molar-refractivity contribution in [3.63, 3.8) is 0 Å². The fraction of sp³-hybridized carbons (Fsp3) is 0.135. The summed E-state index contributed by atoms with van der Waals surface area (Å²) in [6, 6.07) is 43.8. The van der Waals surface area contributed by atoms with Gasteiger partial charge >= 0.3 is 5.97 Å². The number of anilines is 3. The minimum Gasteiger partial charge on any atom is -0.492 e. The van der Waals surface area contributed by atoms with Crippen molar-refractivity contribution < 1.29 is 19.1 Å². The van der Waals surface area contributed by atoms with Gasteiger partial charge in [-0.15, -0.1) is 0 Å². The first kappa shape index (κ1) is 29.1. The molecule has 0 aliphatic rings. The van der Waals surface area contributed by atoms with E-state index in [0.717, 1.165) is 22.7 Å². The monoisotopic (exact) mass is 570 g/mol. The van der Waals surface area contributed by atoms with Crippen LogP contribution in [-0.4, -0.2) is 38.1 Å². The molecule has 0 amide bonds. The Morgan fingerprint density at radius 2 is 1.26 bits per heavy atom. The number of para-hydroxylation sites is 3.